The Morgan fingerprint density at radius 3 is 2.30 bits per heavy atom. The third-order valence-corrected chi connectivity index (χ3v) is 7.84. The summed E-state index contributed by atoms with van der Waals surface area (Å²) in [6.07, 6.45) is 3.62. The second-order valence-corrected chi connectivity index (χ2v) is 10.4. The van der Waals surface area contributed by atoms with Crippen LogP contribution in [0.1, 0.15) is 54.0 Å². The molecule has 208 valence electrons. The van der Waals surface area contributed by atoms with Crippen molar-refractivity contribution in [3.8, 4) is 11.5 Å². The number of nitrogens with one attached hydrogen (secondary N) is 1. The number of ether oxygens (including phenoxy) is 2. The molecule has 0 radical (unpaired) electrons. The SMILES string of the molecule is COc1ccc2c(c1OCc1ccccc1)CC(C(=O)O)N(C(=O)[C@H](NC(=O)C1CCCC1)c1ccccc1)C2. The molecule has 3 aromatic rings. The van der Waals surface area contributed by atoms with Gasteiger partial charge in [-0.25, -0.2) is 4.79 Å². The molecule has 1 fully saturated rings. The average Bonchev–Trinajstić information content (AvgIpc) is 3.54. The second kappa shape index (κ2) is 12.2. The molecule has 1 aliphatic carbocycles. The van der Waals surface area contributed by atoms with Crippen molar-refractivity contribution in [2.24, 2.45) is 5.92 Å². The largest absolute Gasteiger partial charge is 0.493 e. The first-order valence-corrected chi connectivity index (χ1v) is 13.7. The first-order valence-electron chi connectivity index (χ1n) is 13.7. The highest BCUT2D eigenvalue weighted by atomic mass is 16.5. The van der Waals surface area contributed by atoms with Gasteiger partial charge in [0.05, 0.1) is 7.11 Å². The van der Waals surface area contributed by atoms with E-state index in [-0.39, 0.29) is 31.4 Å². The monoisotopic (exact) mass is 542 g/mol. The maximum atomic E-state index is 14.1. The fourth-order valence-corrected chi connectivity index (χ4v) is 5.66. The van der Waals surface area contributed by atoms with Crippen LogP contribution in [0.25, 0.3) is 0 Å². The van der Waals surface area contributed by atoms with Gasteiger partial charge in [-0.05, 0) is 35.6 Å². The van der Waals surface area contributed by atoms with E-state index in [0.29, 0.717) is 22.6 Å². The lowest BCUT2D eigenvalue weighted by Gasteiger charge is -2.37. The van der Waals surface area contributed by atoms with Crippen molar-refractivity contribution < 1.29 is 29.0 Å². The number of benzene rings is 3. The number of methoxy groups -OCH3 is 1. The summed E-state index contributed by atoms with van der Waals surface area (Å²) in [6, 6.07) is 20.2. The molecule has 0 saturated heterocycles. The molecule has 2 amide bonds. The van der Waals surface area contributed by atoms with E-state index in [1.165, 1.54) is 4.90 Å². The maximum absolute atomic E-state index is 14.1. The molecule has 40 heavy (non-hydrogen) atoms. The number of aliphatic carboxylic acids is 1. The van der Waals surface area contributed by atoms with Crippen molar-refractivity contribution in [1.29, 1.82) is 0 Å². The van der Waals surface area contributed by atoms with Gasteiger partial charge in [-0.1, -0.05) is 79.6 Å². The van der Waals surface area contributed by atoms with E-state index in [2.05, 4.69) is 5.32 Å². The van der Waals surface area contributed by atoms with Crippen molar-refractivity contribution in [3.63, 3.8) is 0 Å². The lowest BCUT2D eigenvalue weighted by Crippen LogP contribution is -2.53. The number of nitrogens with zero attached hydrogens (tertiary/aromatic N) is 1. The predicted molar refractivity (Wildman–Crippen MR) is 149 cm³/mol. The summed E-state index contributed by atoms with van der Waals surface area (Å²) in [5, 5.41) is 13.2. The van der Waals surface area contributed by atoms with Crippen LogP contribution in [0, 0.1) is 5.92 Å². The molecule has 2 N–H and O–H groups in total. The molecule has 1 unspecified atom stereocenters. The summed E-state index contributed by atoms with van der Waals surface area (Å²) in [7, 11) is 1.54. The van der Waals surface area contributed by atoms with E-state index in [9.17, 15) is 19.5 Å². The predicted octanol–water partition coefficient (Wildman–Crippen LogP) is 4.66. The van der Waals surface area contributed by atoms with Crippen LogP contribution >= 0.6 is 0 Å². The fraction of sp³-hybridized carbons (Fsp3) is 0.344. The van der Waals surface area contributed by atoms with Crippen LogP contribution < -0.4 is 14.8 Å². The van der Waals surface area contributed by atoms with Crippen LogP contribution in [-0.4, -0.2) is 40.9 Å². The Morgan fingerprint density at radius 1 is 0.975 bits per heavy atom. The van der Waals surface area contributed by atoms with Gasteiger partial charge >= 0.3 is 5.97 Å². The number of carboxylic acids is 1. The zero-order valence-corrected chi connectivity index (χ0v) is 22.5. The Morgan fingerprint density at radius 2 is 1.65 bits per heavy atom. The molecule has 1 aliphatic heterocycles. The van der Waals surface area contributed by atoms with Gasteiger partial charge in [0, 0.05) is 24.4 Å². The van der Waals surface area contributed by atoms with Crippen molar-refractivity contribution in [3.05, 3.63) is 95.1 Å². The van der Waals surface area contributed by atoms with Gasteiger partial charge in [0.2, 0.25) is 5.91 Å². The van der Waals surface area contributed by atoms with Crippen molar-refractivity contribution in [1.82, 2.24) is 10.2 Å². The molecule has 2 atom stereocenters. The van der Waals surface area contributed by atoms with E-state index >= 15 is 0 Å². The summed E-state index contributed by atoms with van der Waals surface area (Å²) in [5.74, 6) is -0.873. The molecule has 5 rings (SSSR count). The number of carboxylic acid groups (broad SMARTS) is 1. The Balaban J connectivity index is 1.46. The van der Waals surface area contributed by atoms with Gasteiger partial charge in [-0.3, -0.25) is 9.59 Å². The zero-order valence-electron chi connectivity index (χ0n) is 22.5. The minimum absolute atomic E-state index is 0.0514. The first-order chi connectivity index (χ1) is 19.5. The first kappa shape index (κ1) is 27.2. The molecule has 0 bridgehead atoms. The summed E-state index contributed by atoms with van der Waals surface area (Å²) in [5.41, 5.74) is 3.07. The average molecular weight is 543 g/mol. The van der Waals surface area contributed by atoms with Gasteiger partial charge in [-0.15, -0.1) is 0 Å². The topological polar surface area (TPSA) is 105 Å². The van der Waals surface area contributed by atoms with Crippen LogP contribution in [0.4, 0.5) is 0 Å². The molecule has 1 heterocycles. The quantitative estimate of drug-likeness (QED) is 0.408. The molecule has 3 aromatic carbocycles. The Hall–Kier alpha value is -4.33. The number of hydrogen-bond donors (Lipinski definition) is 2. The van der Waals surface area contributed by atoms with Crippen molar-refractivity contribution >= 4 is 17.8 Å². The summed E-state index contributed by atoms with van der Waals surface area (Å²) >= 11 is 0. The number of fused-ring (bicyclic) bond motifs is 1. The van der Waals surface area contributed by atoms with Crippen molar-refractivity contribution in [2.45, 2.75) is 57.3 Å². The smallest absolute Gasteiger partial charge is 0.326 e. The summed E-state index contributed by atoms with van der Waals surface area (Å²) in [6.45, 7) is 0.358. The normalized spacial score (nSPS) is 17.5. The van der Waals surface area contributed by atoms with Gasteiger partial charge in [0.15, 0.2) is 11.5 Å². The third-order valence-electron chi connectivity index (χ3n) is 7.84. The van der Waals surface area contributed by atoms with Gasteiger partial charge in [-0.2, -0.15) is 0 Å². The fourth-order valence-electron chi connectivity index (χ4n) is 5.66. The molecule has 0 spiro atoms. The van der Waals surface area contributed by atoms with E-state index < -0.39 is 24.0 Å². The summed E-state index contributed by atoms with van der Waals surface area (Å²) in [4.78, 5) is 41.1. The van der Waals surface area contributed by atoms with Crippen molar-refractivity contribution in [2.75, 3.05) is 7.11 Å². The van der Waals surface area contributed by atoms with E-state index in [1.54, 1.807) is 37.4 Å². The molecule has 2 aliphatic rings. The number of amides is 2. The van der Waals surface area contributed by atoms with Crippen LogP contribution in [0.2, 0.25) is 0 Å². The Labute approximate surface area is 233 Å². The standard InChI is InChI=1S/C32H34N2O6/c1-39-27-17-16-24-19-34(26(32(37)38)18-25(24)29(27)40-20-21-10-4-2-5-11-21)31(36)28(22-12-6-3-7-13-22)33-30(35)23-14-8-9-15-23/h2-7,10-13,16-17,23,26,28H,8-9,14-15,18-20H2,1H3,(H,33,35)(H,37,38)/t26?,28-/m1/s1. The Kier molecular flexibility index (Phi) is 8.34. The van der Waals surface area contributed by atoms with Gasteiger partial charge in [0.25, 0.3) is 5.91 Å². The number of carbonyl (C=O) groups is 3. The van der Waals surface area contributed by atoms with Crippen LogP contribution in [0.15, 0.2) is 72.8 Å². The van der Waals surface area contributed by atoms with E-state index in [4.69, 9.17) is 9.47 Å². The molecule has 1 saturated carbocycles. The molecule has 8 nitrogen and oxygen atoms in total. The third kappa shape index (κ3) is 5.81. The molecule has 0 aromatic heterocycles. The lowest BCUT2D eigenvalue weighted by molar-refractivity contribution is -0.153. The van der Waals surface area contributed by atoms with Crippen LogP contribution in [0.3, 0.4) is 0 Å². The molecular formula is C32H34N2O6. The highest BCUT2D eigenvalue weighted by Gasteiger charge is 2.40. The lowest BCUT2D eigenvalue weighted by atomic mass is 9.91. The Bertz CT molecular complexity index is 1350. The molecule has 8 heteroatoms. The summed E-state index contributed by atoms with van der Waals surface area (Å²) < 4.78 is 11.7. The maximum Gasteiger partial charge on any atom is 0.326 e. The zero-order chi connectivity index (χ0) is 28.1. The minimum atomic E-state index is -1.14. The number of rotatable bonds is 9. The minimum Gasteiger partial charge on any atom is -0.493 e. The second-order valence-electron chi connectivity index (χ2n) is 10.4. The highest BCUT2D eigenvalue weighted by Crippen LogP contribution is 2.39. The van der Waals surface area contributed by atoms with Crippen LogP contribution in [-0.2, 0) is 34.0 Å². The molecular weight excluding hydrogens is 508 g/mol. The van der Waals surface area contributed by atoms with E-state index in [1.807, 2.05) is 42.5 Å². The van der Waals surface area contributed by atoms with E-state index in [0.717, 1.165) is 36.8 Å². The number of hydrogen-bond acceptors (Lipinski definition) is 5. The van der Waals surface area contributed by atoms with Crippen LogP contribution in [0.5, 0.6) is 11.5 Å². The van der Waals surface area contributed by atoms with Gasteiger partial charge < -0.3 is 24.8 Å². The number of carbonyl (C=O) groups excluding carboxylic acids is 2. The van der Waals surface area contributed by atoms with Gasteiger partial charge in [0.1, 0.15) is 18.7 Å². The highest BCUT2D eigenvalue weighted by molar-refractivity contribution is 5.92.